The number of imidazole rings is 1. The van der Waals surface area contributed by atoms with Gasteiger partial charge < -0.3 is 9.47 Å². The third kappa shape index (κ3) is 6.04. The van der Waals surface area contributed by atoms with E-state index in [1.807, 2.05) is 10.6 Å². The Kier molecular flexibility index (Phi) is 7.61. The lowest BCUT2D eigenvalue weighted by Crippen LogP contribution is -2.23. The fraction of sp³-hybridized carbons (Fsp3) is 0.643. The number of rotatable bonds is 11. The third-order valence-electron chi connectivity index (χ3n) is 8.14. The Labute approximate surface area is 236 Å². The van der Waals surface area contributed by atoms with Crippen LogP contribution in [0.25, 0.3) is 22.6 Å². The van der Waals surface area contributed by atoms with Crippen LogP contribution in [0.15, 0.2) is 16.6 Å². The number of benzene rings is 1. The third-order valence-corrected chi connectivity index (χ3v) is 12.0. The summed E-state index contributed by atoms with van der Waals surface area (Å²) in [5, 5.41) is 5.09. The van der Waals surface area contributed by atoms with Crippen molar-refractivity contribution in [3.8, 4) is 11.5 Å². The zero-order valence-corrected chi connectivity index (χ0v) is 27.5. The molecule has 5 rings (SSSR count). The van der Waals surface area contributed by atoms with Gasteiger partial charge in [0, 0.05) is 45.1 Å². The smallest absolute Gasteiger partial charge is 0.164 e. The summed E-state index contributed by atoms with van der Waals surface area (Å²) in [7, 11) is -2.40. The predicted octanol–water partition coefficient (Wildman–Crippen LogP) is 7.55. The van der Waals surface area contributed by atoms with Crippen molar-refractivity contribution in [2.75, 3.05) is 13.2 Å². The lowest BCUT2D eigenvalue weighted by molar-refractivity contribution is 0.0756. The molecule has 2 atom stereocenters. The Morgan fingerprint density at radius 2 is 1.71 bits per heavy atom. The van der Waals surface area contributed by atoms with E-state index in [0.717, 1.165) is 42.7 Å². The largest absolute Gasteiger partial charge is 0.361 e. The van der Waals surface area contributed by atoms with Gasteiger partial charge in [-0.3, -0.25) is 4.57 Å². The molecule has 0 radical (unpaired) electrons. The molecule has 2 aliphatic rings. The molecular weight excluding hydrogens is 579 g/mol. The van der Waals surface area contributed by atoms with Gasteiger partial charge in [-0.25, -0.2) is 14.1 Å². The normalized spacial score (nSPS) is 21.1. The molecule has 0 N–H and O–H groups in total. The Morgan fingerprint density at radius 3 is 2.37 bits per heavy atom. The van der Waals surface area contributed by atoms with Crippen molar-refractivity contribution >= 4 is 43.1 Å². The van der Waals surface area contributed by atoms with Gasteiger partial charge >= 0.3 is 0 Å². The maximum atomic E-state index is 15.1. The van der Waals surface area contributed by atoms with E-state index in [1.54, 1.807) is 0 Å². The van der Waals surface area contributed by atoms with Crippen LogP contribution in [0.2, 0.25) is 51.4 Å². The molecule has 6 nitrogen and oxygen atoms in total. The second kappa shape index (κ2) is 10.2. The molecule has 1 aromatic carbocycles. The minimum atomic E-state index is -1.23. The molecular formula is C28H42BrFN4O2Si2. The van der Waals surface area contributed by atoms with Gasteiger partial charge in [-0.05, 0) is 54.8 Å². The molecule has 38 heavy (non-hydrogen) atoms. The molecule has 0 saturated heterocycles. The lowest BCUT2D eigenvalue weighted by atomic mass is 9.87. The van der Waals surface area contributed by atoms with Crippen LogP contribution in [-0.2, 0) is 35.8 Å². The highest BCUT2D eigenvalue weighted by molar-refractivity contribution is 9.10. The summed E-state index contributed by atoms with van der Waals surface area (Å²) in [6.07, 6.45) is 3.24. The van der Waals surface area contributed by atoms with Crippen molar-refractivity contribution in [3.05, 3.63) is 33.7 Å². The van der Waals surface area contributed by atoms with Crippen LogP contribution in [0.5, 0.6) is 0 Å². The van der Waals surface area contributed by atoms with Gasteiger partial charge in [0.1, 0.15) is 24.7 Å². The number of hydrogen-bond acceptors (Lipinski definition) is 4. The van der Waals surface area contributed by atoms with Crippen LogP contribution in [-0.4, -0.2) is 48.7 Å². The Hall–Kier alpha value is -1.34. The zero-order chi connectivity index (χ0) is 27.5. The number of hydrogen-bond donors (Lipinski definition) is 0. The lowest BCUT2D eigenvalue weighted by Gasteiger charge is -2.20. The van der Waals surface area contributed by atoms with E-state index in [1.165, 1.54) is 23.7 Å². The maximum Gasteiger partial charge on any atom is 0.164 e. The fourth-order valence-electron chi connectivity index (χ4n) is 5.42. The van der Waals surface area contributed by atoms with Gasteiger partial charge in [0.25, 0.3) is 0 Å². The molecule has 0 unspecified atom stereocenters. The minimum absolute atomic E-state index is 0.321. The first-order valence-corrected chi connectivity index (χ1v) is 22.0. The summed E-state index contributed by atoms with van der Waals surface area (Å²) in [5.41, 5.74) is 4.79. The van der Waals surface area contributed by atoms with Gasteiger partial charge in [-0.15, -0.1) is 0 Å². The first-order chi connectivity index (χ1) is 17.7. The second-order valence-corrected chi connectivity index (χ2v) is 26.2. The van der Waals surface area contributed by atoms with E-state index in [9.17, 15) is 0 Å². The molecule has 208 valence electrons. The molecule has 2 aromatic heterocycles. The van der Waals surface area contributed by atoms with E-state index in [0.29, 0.717) is 47.2 Å². The molecule has 0 amide bonds. The quantitative estimate of drug-likeness (QED) is 0.164. The second-order valence-electron chi connectivity index (χ2n) is 14.0. The average Bonchev–Trinajstić information content (AvgIpc) is 3.15. The predicted molar refractivity (Wildman–Crippen MR) is 160 cm³/mol. The zero-order valence-electron chi connectivity index (χ0n) is 24.0. The summed E-state index contributed by atoms with van der Waals surface area (Å²) in [5.74, 6) is 1.02. The van der Waals surface area contributed by atoms with Crippen molar-refractivity contribution in [3.63, 3.8) is 0 Å². The van der Waals surface area contributed by atoms with Gasteiger partial charge in [-0.1, -0.05) is 62.1 Å². The molecule has 2 aliphatic carbocycles. The maximum absolute atomic E-state index is 15.1. The van der Waals surface area contributed by atoms with E-state index in [-0.39, 0.29) is 5.82 Å². The van der Waals surface area contributed by atoms with Crippen LogP contribution >= 0.6 is 15.9 Å². The molecule has 1 fully saturated rings. The van der Waals surface area contributed by atoms with Crippen LogP contribution in [0.4, 0.5) is 4.39 Å². The summed E-state index contributed by atoms with van der Waals surface area (Å²) in [6, 6.07) is 5.61. The molecule has 10 heteroatoms. The highest BCUT2D eigenvalue weighted by atomic mass is 79.9. The standard InChI is InChI=1S/C28H42BrFN4O2Si2/c1-28-15-19(28)12-21-24(16-28)34(18-36-9-11-38(5,6)7)32-25(21)27-31-26-22(30)13-20(29)14-23(26)33(27)17-35-8-10-37(2,3)4/h13-14,19H,8-12,15-18H2,1-7H3/t19-,28-/m1/s1. The van der Waals surface area contributed by atoms with E-state index in [4.69, 9.17) is 19.6 Å². The summed E-state index contributed by atoms with van der Waals surface area (Å²) in [6.45, 7) is 18.7. The monoisotopic (exact) mass is 620 g/mol. The van der Waals surface area contributed by atoms with E-state index < -0.39 is 16.1 Å². The van der Waals surface area contributed by atoms with Crippen molar-refractivity contribution in [1.29, 1.82) is 0 Å². The Balaban J connectivity index is 1.52. The molecule has 2 heterocycles. The molecule has 0 aliphatic heterocycles. The number of ether oxygens (including phenoxy) is 2. The van der Waals surface area contributed by atoms with Gasteiger partial charge in [0.2, 0.25) is 0 Å². The first kappa shape index (κ1) is 28.2. The molecule has 3 aromatic rings. The highest BCUT2D eigenvalue weighted by Gasteiger charge is 2.54. The SMILES string of the molecule is C[C@@]12Cc3c(c(-c4nc5c(F)cc(Br)cc5n4COCC[Si](C)(C)C)nn3COCC[Si](C)(C)C)C[C@@H]1C2. The van der Waals surface area contributed by atoms with Crippen molar-refractivity contribution in [1.82, 2.24) is 19.3 Å². The molecule has 0 spiro atoms. The molecule has 1 saturated carbocycles. The van der Waals surface area contributed by atoms with Crippen LogP contribution in [0.3, 0.4) is 0 Å². The number of fused-ring (bicyclic) bond motifs is 3. The average molecular weight is 622 g/mol. The highest BCUT2D eigenvalue weighted by Crippen LogP contribution is 2.60. The van der Waals surface area contributed by atoms with Gasteiger partial charge in [0.15, 0.2) is 11.6 Å². The number of nitrogens with zero attached hydrogens (tertiary/aromatic N) is 4. The topological polar surface area (TPSA) is 54.1 Å². The minimum Gasteiger partial charge on any atom is -0.361 e. The van der Waals surface area contributed by atoms with E-state index >= 15 is 4.39 Å². The van der Waals surface area contributed by atoms with Gasteiger partial charge in [0.05, 0.1) is 5.52 Å². The summed E-state index contributed by atoms with van der Waals surface area (Å²) in [4.78, 5) is 4.84. The Bertz CT molecular complexity index is 1340. The van der Waals surface area contributed by atoms with Gasteiger partial charge in [-0.2, -0.15) is 5.10 Å². The van der Waals surface area contributed by atoms with Crippen LogP contribution < -0.4 is 0 Å². The van der Waals surface area contributed by atoms with Crippen LogP contribution in [0.1, 0.15) is 24.6 Å². The summed E-state index contributed by atoms with van der Waals surface area (Å²) >= 11 is 3.47. The number of halogens is 2. The van der Waals surface area contributed by atoms with Crippen molar-refractivity contribution < 1.29 is 13.9 Å². The van der Waals surface area contributed by atoms with Crippen molar-refractivity contribution in [2.24, 2.45) is 11.3 Å². The fourth-order valence-corrected chi connectivity index (χ4v) is 7.36. The first-order valence-electron chi connectivity index (χ1n) is 13.8. The Morgan fingerprint density at radius 1 is 1.05 bits per heavy atom. The van der Waals surface area contributed by atoms with E-state index in [2.05, 4.69) is 66.8 Å². The summed E-state index contributed by atoms with van der Waals surface area (Å²) < 4.78 is 32.2. The van der Waals surface area contributed by atoms with Crippen LogP contribution in [0, 0.1) is 17.2 Å². The number of aromatic nitrogens is 4. The van der Waals surface area contributed by atoms with Crippen molar-refractivity contribution in [2.45, 2.75) is 91.0 Å². The molecule has 0 bridgehead atoms.